The third kappa shape index (κ3) is 4.61. The molecule has 1 aromatic rings. The van der Waals surface area contributed by atoms with Crippen molar-refractivity contribution in [3.8, 4) is 0 Å². The highest BCUT2D eigenvalue weighted by Crippen LogP contribution is 2.22. The SMILES string of the molecule is CC(=O)NCCNc1ncc(Br)cc1Br. The third-order valence-electron chi connectivity index (χ3n) is 1.60. The molecule has 0 atom stereocenters. The lowest BCUT2D eigenvalue weighted by Crippen LogP contribution is -2.26. The summed E-state index contributed by atoms with van der Waals surface area (Å²) >= 11 is 6.71. The Morgan fingerprint density at radius 1 is 1.47 bits per heavy atom. The zero-order valence-electron chi connectivity index (χ0n) is 8.18. The Morgan fingerprint density at radius 3 is 2.80 bits per heavy atom. The minimum Gasteiger partial charge on any atom is -0.367 e. The van der Waals surface area contributed by atoms with Crippen molar-refractivity contribution in [3.63, 3.8) is 0 Å². The Bertz CT molecular complexity index is 357. The van der Waals surface area contributed by atoms with Gasteiger partial charge in [-0.3, -0.25) is 4.79 Å². The highest BCUT2D eigenvalue weighted by molar-refractivity contribution is 9.11. The minimum atomic E-state index is -0.0281. The number of pyridine rings is 1. The van der Waals surface area contributed by atoms with E-state index in [1.54, 1.807) is 6.20 Å². The molecule has 2 N–H and O–H groups in total. The van der Waals surface area contributed by atoms with E-state index in [0.717, 1.165) is 14.8 Å². The molecule has 0 aliphatic heterocycles. The molecule has 4 nitrogen and oxygen atoms in total. The Morgan fingerprint density at radius 2 is 2.20 bits per heavy atom. The van der Waals surface area contributed by atoms with Gasteiger partial charge in [0.05, 0.1) is 4.47 Å². The summed E-state index contributed by atoms with van der Waals surface area (Å²) in [6.45, 7) is 2.72. The number of carbonyl (C=O) groups is 1. The second-order valence-electron chi connectivity index (χ2n) is 2.89. The Balaban J connectivity index is 2.40. The van der Waals surface area contributed by atoms with E-state index in [1.807, 2.05) is 6.07 Å². The second kappa shape index (κ2) is 6.07. The molecule has 0 saturated heterocycles. The van der Waals surface area contributed by atoms with Crippen molar-refractivity contribution >= 4 is 43.6 Å². The molecule has 1 heterocycles. The first-order chi connectivity index (χ1) is 7.09. The van der Waals surface area contributed by atoms with E-state index in [0.29, 0.717) is 13.1 Å². The molecule has 0 unspecified atom stereocenters. The predicted molar refractivity (Wildman–Crippen MR) is 66.8 cm³/mol. The lowest BCUT2D eigenvalue weighted by atomic mass is 10.4. The number of halogens is 2. The van der Waals surface area contributed by atoms with Crippen LogP contribution in [0.3, 0.4) is 0 Å². The van der Waals surface area contributed by atoms with Gasteiger partial charge in [0.25, 0.3) is 0 Å². The maximum Gasteiger partial charge on any atom is 0.216 e. The Kier molecular flexibility index (Phi) is 5.04. The number of hydrogen-bond acceptors (Lipinski definition) is 3. The monoisotopic (exact) mass is 335 g/mol. The van der Waals surface area contributed by atoms with Crippen LogP contribution in [0.5, 0.6) is 0 Å². The van der Waals surface area contributed by atoms with E-state index < -0.39 is 0 Å². The second-order valence-corrected chi connectivity index (χ2v) is 4.66. The standard InChI is InChI=1S/C9H11Br2N3O/c1-6(15)12-2-3-13-9-8(11)4-7(10)5-14-9/h4-5H,2-3H2,1H3,(H,12,15)(H,13,14). The van der Waals surface area contributed by atoms with Crippen LogP contribution in [0.2, 0.25) is 0 Å². The zero-order chi connectivity index (χ0) is 11.3. The molecule has 0 aliphatic rings. The molecule has 0 aliphatic carbocycles. The van der Waals surface area contributed by atoms with Crippen molar-refractivity contribution in [2.24, 2.45) is 0 Å². The van der Waals surface area contributed by atoms with Gasteiger partial charge in [-0.25, -0.2) is 4.98 Å². The molecule has 0 radical (unpaired) electrons. The highest BCUT2D eigenvalue weighted by Gasteiger charge is 2.00. The normalized spacial score (nSPS) is 9.80. The number of nitrogens with zero attached hydrogens (tertiary/aromatic N) is 1. The van der Waals surface area contributed by atoms with Gasteiger partial charge < -0.3 is 10.6 Å². The van der Waals surface area contributed by atoms with Crippen molar-refractivity contribution in [1.82, 2.24) is 10.3 Å². The summed E-state index contributed by atoms with van der Waals surface area (Å²) in [5, 5.41) is 5.79. The van der Waals surface area contributed by atoms with Crippen LogP contribution in [0.4, 0.5) is 5.82 Å². The van der Waals surface area contributed by atoms with Gasteiger partial charge in [-0.1, -0.05) is 0 Å². The van der Waals surface area contributed by atoms with Gasteiger partial charge in [-0.2, -0.15) is 0 Å². The number of nitrogens with one attached hydrogen (secondary N) is 2. The quantitative estimate of drug-likeness (QED) is 0.828. The van der Waals surface area contributed by atoms with Crippen LogP contribution < -0.4 is 10.6 Å². The minimum absolute atomic E-state index is 0.0281. The number of amides is 1. The van der Waals surface area contributed by atoms with Gasteiger partial charge >= 0.3 is 0 Å². The molecule has 6 heteroatoms. The largest absolute Gasteiger partial charge is 0.367 e. The van der Waals surface area contributed by atoms with Gasteiger partial charge in [0.15, 0.2) is 0 Å². The summed E-state index contributed by atoms with van der Waals surface area (Å²) < 4.78 is 1.81. The van der Waals surface area contributed by atoms with Crippen LogP contribution in [0.15, 0.2) is 21.2 Å². The van der Waals surface area contributed by atoms with E-state index in [-0.39, 0.29) is 5.91 Å². The van der Waals surface area contributed by atoms with Gasteiger partial charge in [0, 0.05) is 30.7 Å². The van der Waals surface area contributed by atoms with E-state index in [4.69, 9.17) is 0 Å². The molecule has 15 heavy (non-hydrogen) atoms. The molecule has 0 spiro atoms. The lowest BCUT2D eigenvalue weighted by molar-refractivity contribution is -0.118. The van der Waals surface area contributed by atoms with E-state index in [1.165, 1.54) is 6.92 Å². The van der Waals surface area contributed by atoms with Crippen LogP contribution in [0, 0.1) is 0 Å². The molecule has 82 valence electrons. The topological polar surface area (TPSA) is 54.0 Å². The maximum atomic E-state index is 10.6. The first kappa shape index (κ1) is 12.4. The van der Waals surface area contributed by atoms with E-state index in [2.05, 4.69) is 47.5 Å². The van der Waals surface area contributed by atoms with Gasteiger partial charge in [0.2, 0.25) is 5.91 Å². The summed E-state index contributed by atoms with van der Waals surface area (Å²) in [4.78, 5) is 14.8. The van der Waals surface area contributed by atoms with Crippen LogP contribution in [0.1, 0.15) is 6.92 Å². The van der Waals surface area contributed by atoms with Crippen LogP contribution in [-0.2, 0) is 4.79 Å². The third-order valence-corrected chi connectivity index (χ3v) is 2.64. The smallest absolute Gasteiger partial charge is 0.216 e. The summed E-state index contributed by atoms with van der Waals surface area (Å²) in [5.41, 5.74) is 0. The fourth-order valence-electron chi connectivity index (χ4n) is 0.964. The number of rotatable bonds is 4. The van der Waals surface area contributed by atoms with Gasteiger partial charge in [-0.05, 0) is 37.9 Å². The zero-order valence-corrected chi connectivity index (χ0v) is 11.4. The average molecular weight is 337 g/mol. The molecular weight excluding hydrogens is 326 g/mol. The number of carbonyl (C=O) groups excluding carboxylic acids is 1. The van der Waals surface area contributed by atoms with Gasteiger partial charge in [-0.15, -0.1) is 0 Å². The molecule has 1 amide bonds. The number of anilines is 1. The fraction of sp³-hybridized carbons (Fsp3) is 0.333. The Hall–Kier alpha value is -0.620. The summed E-state index contributed by atoms with van der Waals surface area (Å²) in [7, 11) is 0. The lowest BCUT2D eigenvalue weighted by Gasteiger charge is -2.07. The molecular formula is C9H11Br2N3O. The Labute approximate surface area is 105 Å². The van der Waals surface area contributed by atoms with E-state index in [9.17, 15) is 4.79 Å². The molecule has 0 fully saturated rings. The molecule has 1 rings (SSSR count). The molecule has 0 bridgehead atoms. The van der Waals surface area contributed by atoms with Crippen molar-refractivity contribution in [2.75, 3.05) is 18.4 Å². The van der Waals surface area contributed by atoms with Crippen molar-refractivity contribution in [3.05, 3.63) is 21.2 Å². The number of aromatic nitrogens is 1. The maximum absolute atomic E-state index is 10.6. The highest BCUT2D eigenvalue weighted by atomic mass is 79.9. The van der Waals surface area contributed by atoms with Crippen molar-refractivity contribution in [1.29, 1.82) is 0 Å². The van der Waals surface area contributed by atoms with Crippen LogP contribution in [-0.4, -0.2) is 24.0 Å². The van der Waals surface area contributed by atoms with Gasteiger partial charge in [0.1, 0.15) is 5.82 Å². The average Bonchev–Trinajstić information content (AvgIpc) is 2.14. The number of hydrogen-bond donors (Lipinski definition) is 2. The molecule has 0 aromatic carbocycles. The predicted octanol–water partition coefficient (Wildman–Crippen LogP) is 2.15. The van der Waals surface area contributed by atoms with Crippen molar-refractivity contribution < 1.29 is 4.79 Å². The molecule has 0 saturated carbocycles. The summed E-state index contributed by atoms with van der Waals surface area (Å²) in [5.74, 6) is 0.739. The first-order valence-corrected chi connectivity index (χ1v) is 5.97. The summed E-state index contributed by atoms with van der Waals surface area (Å²) in [6.07, 6.45) is 1.71. The summed E-state index contributed by atoms with van der Waals surface area (Å²) in [6, 6.07) is 1.91. The first-order valence-electron chi connectivity index (χ1n) is 4.39. The van der Waals surface area contributed by atoms with Crippen molar-refractivity contribution in [2.45, 2.75) is 6.92 Å². The van der Waals surface area contributed by atoms with Crippen LogP contribution in [0.25, 0.3) is 0 Å². The van der Waals surface area contributed by atoms with Crippen LogP contribution >= 0.6 is 31.9 Å². The molecule has 1 aromatic heterocycles. The fourth-order valence-corrected chi connectivity index (χ4v) is 2.09. The van der Waals surface area contributed by atoms with E-state index >= 15 is 0 Å².